The van der Waals surface area contributed by atoms with E-state index >= 15 is 0 Å². The first-order valence-corrected chi connectivity index (χ1v) is 7.15. The Morgan fingerprint density at radius 1 is 1.06 bits per heavy atom. The Morgan fingerprint density at radius 3 is 2.19 bits per heavy atom. The van der Waals surface area contributed by atoms with Gasteiger partial charge in [0.2, 0.25) is 0 Å². The van der Waals surface area contributed by atoms with Gasteiger partial charge in [-0.05, 0) is 37.0 Å². The van der Waals surface area contributed by atoms with Crippen molar-refractivity contribution in [2.24, 2.45) is 0 Å². The van der Waals surface area contributed by atoms with Crippen LogP contribution in [0.2, 0.25) is 0 Å². The maximum atomic E-state index is 11.5. The molecule has 0 bridgehead atoms. The predicted octanol–water partition coefficient (Wildman–Crippen LogP) is 2.23. The molecular formula is C12H17O3S. The number of hydrogen-bond acceptors (Lipinski definition) is 2. The van der Waals surface area contributed by atoms with E-state index in [1.54, 1.807) is 19.1 Å². The van der Waals surface area contributed by atoms with E-state index in [2.05, 4.69) is 0 Å². The summed E-state index contributed by atoms with van der Waals surface area (Å²) in [5.74, 6) is 0.128. The van der Waals surface area contributed by atoms with Crippen molar-refractivity contribution in [1.29, 1.82) is 0 Å². The Morgan fingerprint density at radius 2 is 1.69 bits per heavy atom. The van der Waals surface area contributed by atoms with Gasteiger partial charge in [0.15, 0.2) is 9.84 Å². The summed E-state index contributed by atoms with van der Waals surface area (Å²) in [7, 11) is -3.09. The average Bonchev–Trinajstić information content (AvgIpc) is 2.30. The van der Waals surface area contributed by atoms with Gasteiger partial charge in [0, 0.05) is 0 Å². The SMILES string of the molecule is CCS(=O)(=O)c1ccc(CCCC[O])cc1. The van der Waals surface area contributed by atoms with Gasteiger partial charge in [-0.1, -0.05) is 19.1 Å². The Bertz CT molecular complexity index is 406. The highest BCUT2D eigenvalue weighted by Crippen LogP contribution is 2.13. The van der Waals surface area contributed by atoms with Crippen molar-refractivity contribution < 1.29 is 13.5 Å². The molecular weight excluding hydrogens is 224 g/mol. The number of sulfone groups is 1. The standard InChI is InChI=1S/C12H17O3S/c1-2-16(14,15)12-8-6-11(7-9-12)5-3-4-10-13/h6-9H,2-5,10H2,1H3. The predicted molar refractivity (Wildman–Crippen MR) is 62.7 cm³/mol. The molecule has 1 aromatic carbocycles. The summed E-state index contributed by atoms with van der Waals surface area (Å²) >= 11 is 0. The van der Waals surface area contributed by atoms with Crippen molar-refractivity contribution in [3.63, 3.8) is 0 Å². The van der Waals surface area contributed by atoms with E-state index in [0.717, 1.165) is 18.4 Å². The molecule has 0 amide bonds. The Hall–Kier alpha value is -0.870. The van der Waals surface area contributed by atoms with E-state index in [1.807, 2.05) is 12.1 Å². The van der Waals surface area contributed by atoms with Gasteiger partial charge in [0.05, 0.1) is 17.3 Å². The molecule has 16 heavy (non-hydrogen) atoms. The molecule has 0 aliphatic rings. The largest absolute Gasteiger partial charge is 0.237 e. The zero-order valence-electron chi connectivity index (χ0n) is 9.48. The molecule has 1 rings (SSSR count). The lowest BCUT2D eigenvalue weighted by molar-refractivity contribution is 0.187. The van der Waals surface area contributed by atoms with Crippen molar-refractivity contribution in [3.05, 3.63) is 29.8 Å². The Labute approximate surface area is 97.0 Å². The van der Waals surface area contributed by atoms with Crippen LogP contribution in [0.1, 0.15) is 25.3 Å². The first kappa shape index (κ1) is 13.2. The molecule has 3 nitrogen and oxygen atoms in total. The van der Waals surface area contributed by atoms with Crippen LogP contribution in [0.3, 0.4) is 0 Å². The van der Waals surface area contributed by atoms with E-state index in [-0.39, 0.29) is 12.4 Å². The summed E-state index contributed by atoms with van der Waals surface area (Å²) in [6.45, 7) is 1.60. The van der Waals surface area contributed by atoms with Crippen LogP contribution in [0, 0.1) is 0 Å². The molecule has 1 radical (unpaired) electrons. The third-order valence-electron chi connectivity index (χ3n) is 2.52. The molecule has 89 valence electrons. The molecule has 0 heterocycles. The van der Waals surface area contributed by atoms with Crippen molar-refractivity contribution >= 4 is 9.84 Å². The summed E-state index contributed by atoms with van der Waals surface area (Å²) in [4.78, 5) is 0.377. The van der Waals surface area contributed by atoms with Crippen LogP contribution in [-0.2, 0) is 21.4 Å². The lowest BCUT2D eigenvalue weighted by atomic mass is 10.1. The number of aryl methyl sites for hydroxylation is 1. The fourth-order valence-corrected chi connectivity index (χ4v) is 2.35. The van der Waals surface area contributed by atoms with E-state index in [0.29, 0.717) is 11.3 Å². The molecule has 0 fully saturated rings. The quantitative estimate of drug-likeness (QED) is 0.717. The van der Waals surface area contributed by atoms with Crippen molar-refractivity contribution in [2.45, 2.75) is 31.1 Å². The van der Waals surface area contributed by atoms with E-state index in [9.17, 15) is 13.5 Å². The second-order valence-electron chi connectivity index (χ2n) is 3.71. The highest BCUT2D eigenvalue weighted by molar-refractivity contribution is 7.91. The second-order valence-corrected chi connectivity index (χ2v) is 5.99. The molecule has 0 unspecified atom stereocenters. The van der Waals surface area contributed by atoms with Gasteiger partial charge < -0.3 is 0 Å². The van der Waals surface area contributed by atoms with Crippen LogP contribution in [0.15, 0.2) is 29.2 Å². The molecule has 0 aromatic heterocycles. The second kappa shape index (κ2) is 6.01. The van der Waals surface area contributed by atoms with Gasteiger partial charge in [0.1, 0.15) is 0 Å². The topological polar surface area (TPSA) is 54.0 Å². The van der Waals surface area contributed by atoms with Crippen LogP contribution < -0.4 is 0 Å². The molecule has 4 heteroatoms. The highest BCUT2D eigenvalue weighted by Gasteiger charge is 2.10. The Kier molecular flexibility index (Phi) is 4.96. The zero-order valence-corrected chi connectivity index (χ0v) is 10.3. The van der Waals surface area contributed by atoms with Crippen LogP contribution in [0.5, 0.6) is 0 Å². The van der Waals surface area contributed by atoms with Gasteiger partial charge in [-0.3, -0.25) is 0 Å². The number of benzene rings is 1. The maximum absolute atomic E-state index is 11.5. The molecule has 0 saturated heterocycles. The fourth-order valence-electron chi connectivity index (χ4n) is 1.46. The van der Waals surface area contributed by atoms with Gasteiger partial charge >= 0.3 is 0 Å². The van der Waals surface area contributed by atoms with Gasteiger partial charge in [-0.25, -0.2) is 13.5 Å². The minimum atomic E-state index is -3.09. The molecule has 0 aliphatic carbocycles. The summed E-state index contributed by atoms with van der Waals surface area (Å²) in [5.41, 5.74) is 1.09. The van der Waals surface area contributed by atoms with Crippen LogP contribution in [0.25, 0.3) is 0 Å². The summed E-state index contributed by atoms with van der Waals surface area (Å²) in [6.07, 6.45) is 2.38. The molecule has 0 atom stereocenters. The number of hydrogen-bond donors (Lipinski definition) is 0. The fraction of sp³-hybridized carbons (Fsp3) is 0.500. The summed E-state index contributed by atoms with van der Waals surface area (Å²) < 4.78 is 23.1. The first-order valence-electron chi connectivity index (χ1n) is 5.50. The van der Waals surface area contributed by atoms with Crippen molar-refractivity contribution in [2.75, 3.05) is 12.4 Å². The molecule has 0 aliphatic heterocycles. The lowest BCUT2D eigenvalue weighted by Gasteiger charge is -2.03. The monoisotopic (exact) mass is 241 g/mol. The minimum absolute atomic E-state index is 0.0394. The van der Waals surface area contributed by atoms with Gasteiger partial charge in [-0.15, -0.1) is 0 Å². The smallest absolute Gasteiger partial charge is 0.178 e. The van der Waals surface area contributed by atoms with Crippen LogP contribution >= 0.6 is 0 Å². The van der Waals surface area contributed by atoms with E-state index < -0.39 is 9.84 Å². The number of rotatable bonds is 6. The Balaban J connectivity index is 2.68. The zero-order chi connectivity index (χ0) is 12.0. The van der Waals surface area contributed by atoms with Crippen molar-refractivity contribution in [3.8, 4) is 0 Å². The van der Waals surface area contributed by atoms with Gasteiger partial charge in [0.25, 0.3) is 0 Å². The molecule has 0 spiro atoms. The lowest BCUT2D eigenvalue weighted by Crippen LogP contribution is -2.03. The van der Waals surface area contributed by atoms with E-state index in [4.69, 9.17) is 0 Å². The summed E-state index contributed by atoms with van der Waals surface area (Å²) in [6, 6.07) is 6.94. The van der Waals surface area contributed by atoms with Crippen LogP contribution in [0.4, 0.5) is 0 Å². The third-order valence-corrected chi connectivity index (χ3v) is 4.27. The maximum Gasteiger partial charge on any atom is 0.178 e. The third kappa shape index (κ3) is 3.61. The normalized spacial score (nSPS) is 11.6. The molecule has 0 saturated carbocycles. The van der Waals surface area contributed by atoms with E-state index in [1.165, 1.54) is 0 Å². The first-order chi connectivity index (χ1) is 7.60. The molecule has 1 aromatic rings. The molecule has 0 N–H and O–H groups in total. The average molecular weight is 241 g/mol. The highest BCUT2D eigenvalue weighted by atomic mass is 32.2. The summed E-state index contributed by atoms with van der Waals surface area (Å²) in [5, 5.41) is 10.3. The van der Waals surface area contributed by atoms with Gasteiger partial charge in [-0.2, -0.15) is 0 Å². The van der Waals surface area contributed by atoms with Crippen LogP contribution in [-0.4, -0.2) is 20.8 Å². The van der Waals surface area contributed by atoms with Crippen molar-refractivity contribution in [1.82, 2.24) is 0 Å². The minimum Gasteiger partial charge on any atom is -0.237 e. The number of unbranched alkanes of at least 4 members (excludes halogenated alkanes) is 1.